The van der Waals surface area contributed by atoms with E-state index in [1.165, 1.54) is 0 Å². The van der Waals surface area contributed by atoms with E-state index in [0.717, 1.165) is 12.8 Å². The molecule has 6 nitrogen and oxygen atoms in total. The average Bonchev–Trinajstić information content (AvgIpc) is 2.44. The van der Waals surface area contributed by atoms with Crippen molar-refractivity contribution in [3.8, 4) is 0 Å². The van der Waals surface area contributed by atoms with Crippen LogP contribution in [0.2, 0.25) is 0 Å². The molecule has 2 unspecified atom stereocenters. The highest BCUT2D eigenvalue weighted by Gasteiger charge is 2.47. The highest BCUT2D eigenvalue weighted by atomic mass is 16.4. The number of likely N-dealkylation sites (N-methyl/N-ethyl adjacent to an activating group) is 1. The van der Waals surface area contributed by atoms with Gasteiger partial charge in [-0.2, -0.15) is 0 Å². The zero-order valence-electron chi connectivity index (χ0n) is 13.0. The van der Waals surface area contributed by atoms with Crippen molar-refractivity contribution in [1.29, 1.82) is 0 Å². The lowest BCUT2D eigenvalue weighted by Crippen LogP contribution is -2.65. The van der Waals surface area contributed by atoms with E-state index in [1.807, 2.05) is 0 Å². The van der Waals surface area contributed by atoms with Crippen molar-refractivity contribution in [3.05, 3.63) is 0 Å². The number of carboxylic acids is 1. The Morgan fingerprint density at radius 2 is 1.71 bits per heavy atom. The van der Waals surface area contributed by atoms with Crippen LogP contribution in [0.25, 0.3) is 0 Å². The summed E-state index contributed by atoms with van der Waals surface area (Å²) in [5.74, 6) is -2.27. The minimum absolute atomic E-state index is 0.0928. The van der Waals surface area contributed by atoms with Gasteiger partial charge in [-0.3, -0.25) is 14.4 Å². The predicted octanol–water partition coefficient (Wildman–Crippen LogP) is 0.957. The molecule has 0 bridgehead atoms. The second kappa shape index (κ2) is 5.66. The SMILES string of the molecule is CN1CCN(C(=O)C2CCCCC2C(=O)O)C(C)(C)C1=O. The van der Waals surface area contributed by atoms with E-state index < -0.39 is 23.3 Å². The second-order valence-electron chi connectivity index (χ2n) is 6.61. The molecule has 1 aliphatic heterocycles. The first-order chi connectivity index (χ1) is 9.76. The number of aliphatic carboxylic acids is 1. The summed E-state index contributed by atoms with van der Waals surface area (Å²) in [4.78, 5) is 39.7. The molecule has 0 aromatic carbocycles. The molecule has 1 saturated heterocycles. The van der Waals surface area contributed by atoms with Crippen LogP contribution in [0, 0.1) is 11.8 Å². The first-order valence-electron chi connectivity index (χ1n) is 7.56. The van der Waals surface area contributed by atoms with Crippen LogP contribution in [0.15, 0.2) is 0 Å². The fourth-order valence-corrected chi connectivity index (χ4v) is 3.52. The Morgan fingerprint density at radius 1 is 1.14 bits per heavy atom. The van der Waals surface area contributed by atoms with Crippen molar-refractivity contribution in [1.82, 2.24) is 9.80 Å². The van der Waals surface area contributed by atoms with Crippen LogP contribution in [0.1, 0.15) is 39.5 Å². The molecule has 0 spiro atoms. The van der Waals surface area contributed by atoms with Gasteiger partial charge in [0.25, 0.3) is 0 Å². The predicted molar refractivity (Wildman–Crippen MR) is 76.5 cm³/mol. The van der Waals surface area contributed by atoms with Crippen molar-refractivity contribution in [2.24, 2.45) is 11.8 Å². The first-order valence-corrected chi connectivity index (χ1v) is 7.56. The molecule has 0 aromatic rings. The number of nitrogens with zero attached hydrogens (tertiary/aromatic N) is 2. The first kappa shape index (κ1) is 15.8. The standard InChI is InChI=1S/C15H24N2O4/c1-15(2)14(21)16(3)8-9-17(15)12(18)10-6-4-5-7-11(10)13(19)20/h10-11H,4-9H2,1-3H3,(H,19,20). The molecule has 1 heterocycles. The summed E-state index contributed by atoms with van der Waals surface area (Å²) >= 11 is 0. The van der Waals surface area contributed by atoms with Gasteiger partial charge in [-0.15, -0.1) is 0 Å². The van der Waals surface area contributed by atoms with Crippen LogP contribution < -0.4 is 0 Å². The fourth-order valence-electron chi connectivity index (χ4n) is 3.52. The van der Waals surface area contributed by atoms with Crippen molar-refractivity contribution in [2.45, 2.75) is 45.1 Å². The zero-order valence-corrected chi connectivity index (χ0v) is 13.0. The Morgan fingerprint density at radius 3 is 2.29 bits per heavy atom. The number of carbonyl (C=O) groups excluding carboxylic acids is 2. The van der Waals surface area contributed by atoms with Gasteiger partial charge in [0, 0.05) is 20.1 Å². The van der Waals surface area contributed by atoms with E-state index in [1.54, 1.807) is 30.7 Å². The zero-order chi connectivity index (χ0) is 15.8. The van der Waals surface area contributed by atoms with Crippen molar-refractivity contribution in [2.75, 3.05) is 20.1 Å². The molecule has 2 rings (SSSR count). The van der Waals surface area contributed by atoms with Crippen molar-refractivity contribution >= 4 is 17.8 Å². The number of carbonyl (C=O) groups is 3. The summed E-state index contributed by atoms with van der Waals surface area (Å²) in [5, 5.41) is 9.33. The molecule has 118 valence electrons. The highest BCUT2D eigenvalue weighted by molar-refractivity contribution is 5.93. The summed E-state index contributed by atoms with van der Waals surface area (Å²) in [6.45, 7) is 4.44. The number of hydrogen-bond acceptors (Lipinski definition) is 3. The van der Waals surface area contributed by atoms with Crippen LogP contribution in [0.5, 0.6) is 0 Å². The molecule has 0 aromatic heterocycles. The van der Waals surface area contributed by atoms with E-state index in [0.29, 0.717) is 25.9 Å². The molecule has 21 heavy (non-hydrogen) atoms. The maximum Gasteiger partial charge on any atom is 0.307 e. The molecule has 2 aliphatic rings. The van der Waals surface area contributed by atoms with Crippen LogP contribution >= 0.6 is 0 Å². The van der Waals surface area contributed by atoms with Gasteiger partial charge >= 0.3 is 5.97 Å². The number of rotatable bonds is 2. The Bertz CT molecular complexity index is 461. The van der Waals surface area contributed by atoms with Gasteiger partial charge in [0.2, 0.25) is 11.8 Å². The van der Waals surface area contributed by atoms with Gasteiger partial charge in [0.15, 0.2) is 0 Å². The van der Waals surface area contributed by atoms with Crippen LogP contribution in [-0.2, 0) is 14.4 Å². The lowest BCUT2D eigenvalue weighted by atomic mass is 9.77. The Balaban J connectivity index is 2.22. The van der Waals surface area contributed by atoms with Crippen molar-refractivity contribution in [3.63, 3.8) is 0 Å². The van der Waals surface area contributed by atoms with E-state index in [2.05, 4.69) is 0 Å². The number of piperazine rings is 1. The quantitative estimate of drug-likeness (QED) is 0.823. The summed E-state index contributed by atoms with van der Waals surface area (Å²) in [6.07, 6.45) is 2.88. The van der Waals surface area contributed by atoms with Gasteiger partial charge in [0.05, 0.1) is 11.8 Å². The Hall–Kier alpha value is -1.59. The van der Waals surface area contributed by atoms with E-state index in [9.17, 15) is 19.5 Å². The maximum absolute atomic E-state index is 12.8. The molecule has 1 aliphatic carbocycles. The highest BCUT2D eigenvalue weighted by Crippen LogP contribution is 2.34. The average molecular weight is 296 g/mol. The van der Waals surface area contributed by atoms with Gasteiger partial charge in [0.1, 0.15) is 5.54 Å². The summed E-state index contributed by atoms with van der Waals surface area (Å²) in [7, 11) is 1.73. The number of carboxylic acid groups (broad SMARTS) is 1. The monoisotopic (exact) mass is 296 g/mol. The third-order valence-electron chi connectivity index (χ3n) is 4.87. The number of amides is 2. The molecule has 1 saturated carbocycles. The maximum atomic E-state index is 12.8. The second-order valence-corrected chi connectivity index (χ2v) is 6.61. The summed E-state index contributed by atoms with van der Waals surface area (Å²) in [6, 6.07) is 0. The van der Waals surface area contributed by atoms with Crippen LogP contribution in [0.3, 0.4) is 0 Å². The minimum atomic E-state index is -0.898. The number of hydrogen-bond donors (Lipinski definition) is 1. The molecule has 2 fully saturated rings. The van der Waals surface area contributed by atoms with E-state index in [4.69, 9.17) is 0 Å². The summed E-state index contributed by atoms with van der Waals surface area (Å²) < 4.78 is 0. The largest absolute Gasteiger partial charge is 0.481 e. The lowest BCUT2D eigenvalue weighted by Gasteiger charge is -2.46. The van der Waals surface area contributed by atoms with Crippen LogP contribution in [-0.4, -0.2) is 58.4 Å². The van der Waals surface area contributed by atoms with Gasteiger partial charge in [-0.25, -0.2) is 0 Å². The Labute approximate surface area is 125 Å². The Kier molecular flexibility index (Phi) is 4.25. The molecule has 0 radical (unpaired) electrons. The topological polar surface area (TPSA) is 77.9 Å². The molecule has 2 amide bonds. The molecular formula is C15H24N2O4. The minimum Gasteiger partial charge on any atom is -0.481 e. The fraction of sp³-hybridized carbons (Fsp3) is 0.800. The van der Waals surface area contributed by atoms with Gasteiger partial charge < -0.3 is 14.9 Å². The van der Waals surface area contributed by atoms with E-state index in [-0.39, 0.29) is 11.8 Å². The lowest BCUT2D eigenvalue weighted by molar-refractivity contribution is -0.164. The van der Waals surface area contributed by atoms with Gasteiger partial charge in [-0.05, 0) is 26.7 Å². The third kappa shape index (κ3) is 2.76. The van der Waals surface area contributed by atoms with Gasteiger partial charge in [-0.1, -0.05) is 12.8 Å². The smallest absolute Gasteiger partial charge is 0.307 e. The van der Waals surface area contributed by atoms with Crippen molar-refractivity contribution < 1.29 is 19.5 Å². The molecule has 1 N–H and O–H groups in total. The molecular weight excluding hydrogens is 272 g/mol. The summed E-state index contributed by atoms with van der Waals surface area (Å²) in [5.41, 5.74) is -0.898. The van der Waals surface area contributed by atoms with E-state index >= 15 is 0 Å². The molecule has 6 heteroatoms. The normalized spacial score (nSPS) is 29.4. The van der Waals surface area contributed by atoms with Crippen LogP contribution in [0.4, 0.5) is 0 Å². The third-order valence-corrected chi connectivity index (χ3v) is 4.87. The molecule has 2 atom stereocenters.